The van der Waals surface area contributed by atoms with E-state index in [0.29, 0.717) is 11.1 Å². The van der Waals surface area contributed by atoms with Gasteiger partial charge in [0.1, 0.15) is 5.75 Å². The minimum absolute atomic E-state index is 0.0663. The predicted octanol–water partition coefficient (Wildman–Crippen LogP) is 1.89. The van der Waals surface area contributed by atoms with Crippen LogP contribution in [0.25, 0.3) is 5.57 Å². The molecule has 0 heterocycles. The van der Waals surface area contributed by atoms with Gasteiger partial charge in [0.05, 0.1) is 0 Å². The minimum atomic E-state index is -1.92. The Hall–Kier alpha value is -2.56. The topological polar surface area (TPSA) is 94.8 Å². The molecule has 1 aliphatic carbocycles. The van der Waals surface area contributed by atoms with Crippen LogP contribution in [0.3, 0.4) is 0 Å². The van der Waals surface area contributed by atoms with Crippen molar-refractivity contribution in [3.63, 3.8) is 0 Å². The van der Waals surface area contributed by atoms with Crippen LogP contribution in [-0.2, 0) is 9.59 Å². The van der Waals surface area contributed by atoms with E-state index in [1.54, 1.807) is 18.2 Å². The lowest BCUT2D eigenvalue weighted by atomic mass is 9.79. The monoisotopic (exact) mass is 260 g/mol. The molecule has 98 valence electrons. The maximum absolute atomic E-state index is 11.1. The van der Waals surface area contributed by atoms with Gasteiger partial charge in [-0.05, 0) is 18.1 Å². The molecule has 1 aromatic rings. The summed E-state index contributed by atoms with van der Waals surface area (Å²) in [5.74, 6) is -2.73. The number of carboxylic acid groups (broad SMARTS) is 2. The summed E-state index contributed by atoms with van der Waals surface area (Å²) in [5, 5.41) is 27.8. The summed E-state index contributed by atoms with van der Waals surface area (Å²) < 4.78 is 0. The number of phenols is 1. The van der Waals surface area contributed by atoms with E-state index in [2.05, 4.69) is 0 Å². The van der Waals surface area contributed by atoms with E-state index in [4.69, 9.17) is 10.2 Å². The SMILES string of the molecule is O=C(O)C1(C(=O)O)C=CC(c2ccccc2O)=CC1. The summed E-state index contributed by atoms with van der Waals surface area (Å²) in [6, 6.07) is 6.60. The summed E-state index contributed by atoms with van der Waals surface area (Å²) in [7, 11) is 0. The fourth-order valence-corrected chi connectivity index (χ4v) is 1.97. The molecule has 5 nitrogen and oxygen atoms in total. The normalized spacial score (nSPS) is 16.7. The first-order valence-electron chi connectivity index (χ1n) is 5.62. The zero-order valence-corrected chi connectivity index (χ0v) is 9.91. The number of aliphatic carboxylic acids is 2. The molecule has 3 N–H and O–H groups in total. The lowest BCUT2D eigenvalue weighted by Crippen LogP contribution is -2.38. The van der Waals surface area contributed by atoms with Crippen molar-refractivity contribution in [3.05, 3.63) is 48.1 Å². The van der Waals surface area contributed by atoms with Crippen LogP contribution >= 0.6 is 0 Å². The van der Waals surface area contributed by atoms with Gasteiger partial charge in [0, 0.05) is 5.56 Å². The Balaban J connectivity index is 2.36. The molecule has 0 radical (unpaired) electrons. The van der Waals surface area contributed by atoms with Crippen molar-refractivity contribution in [3.8, 4) is 5.75 Å². The Bertz CT molecular complexity index is 584. The fourth-order valence-electron chi connectivity index (χ4n) is 1.97. The molecule has 0 unspecified atom stereocenters. The highest BCUT2D eigenvalue weighted by Crippen LogP contribution is 2.36. The molecule has 0 fully saturated rings. The Kier molecular flexibility index (Phi) is 3.12. The van der Waals surface area contributed by atoms with Crippen molar-refractivity contribution >= 4 is 17.5 Å². The van der Waals surface area contributed by atoms with E-state index >= 15 is 0 Å². The number of hydrogen-bond acceptors (Lipinski definition) is 3. The molecule has 2 rings (SSSR count). The number of aromatic hydroxyl groups is 1. The van der Waals surface area contributed by atoms with Crippen molar-refractivity contribution in [2.24, 2.45) is 5.41 Å². The molecule has 19 heavy (non-hydrogen) atoms. The Morgan fingerprint density at radius 2 is 1.74 bits per heavy atom. The van der Waals surface area contributed by atoms with Crippen LogP contribution in [0.4, 0.5) is 0 Å². The molecule has 0 saturated heterocycles. The standard InChI is InChI=1S/C14H12O5/c15-11-4-2-1-3-10(11)9-5-7-14(8-6-9,12(16)17)13(18)19/h1-7,15H,8H2,(H,16,17)(H,18,19). The second-order valence-corrected chi connectivity index (χ2v) is 4.30. The lowest BCUT2D eigenvalue weighted by molar-refractivity contribution is -0.160. The molecule has 0 bridgehead atoms. The largest absolute Gasteiger partial charge is 0.507 e. The highest BCUT2D eigenvalue weighted by molar-refractivity contribution is 6.02. The number of allylic oxidation sites excluding steroid dienone is 3. The molecular formula is C14H12O5. The minimum Gasteiger partial charge on any atom is -0.507 e. The summed E-state index contributed by atoms with van der Waals surface area (Å²) >= 11 is 0. The maximum atomic E-state index is 11.1. The van der Waals surface area contributed by atoms with Gasteiger partial charge in [-0.15, -0.1) is 0 Å². The zero-order valence-electron chi connectivity index (χ0n) is 9.91. The first-order chi connectivity index (χ1) is 8.97. The second kappa shape index (κ2) is 4.61. The van der Waals surface area contributed by atoms with Gasteiger partial charge < -0.3 is 15.3 Å². The molecular weight excluding hydrogens is 248 g/mol. The smallest absolute Gasteiger partial charge is 0.325 e. The van der Waals surface area contributed by atoms with E-state index in [1.807, 2.05) is 0 Å². The van der Waals surface area contributed by atoms with E-state index < -0.39 is 17.4 Å². The number of benzene rings is 1. The number of rotatable bonds is 3. The average molecular weight is 260 g/mol. The number of phenolic OH excluding ortho intramolecular Hbond substituents is 1. The quantitative estimate of drug-likeness (QED) is 0.721. The Morgan fingerprint density at radius 1 is 1.11 bits per heavy atom. The van der Waals surface area contributed by atoms with E-state index in [0.717, 1.165) is 6.08 Å². The van der Waals surface area contributed by atoms with Crippen molar-refractivity contribution in [2.75, 3.05) is 0 Å². The number of carbonyl (C=O) groups is 2. The molecule has 0 aliphatic heterocycles. The van der Waals surface area contributed by atoms with Crippen molar-refractivity contribution in [1.82, 2.24) is 0 Å². The van der Waals surface area contributed by atoms with Crippen LogP contribution in [0.15, 0.2) is 42.5 Å². The molecule has 1 aromatic carbocycles. The second-order valence-electron chi connectivity index (χ2n) is 4.30. The van der Waals surface area contributed by atoms with Gasteiger partial charge in [0.15, 0.2) is 5.41 Å². The molecule has 1 aliphatic rings. The number of para-hydroxylation sites is 1. The van der Waals surface area contributed by atoms with Gasteiger partial charge in [-0.25, -0.2) is 0 Å². The van der Waals surface area contributed by atoms with Gasteiger partial charge in [-0.2, -0.15) is 0 Å². The summed E-state index contributed by atoms with van der Waals surface area (Å²) in [6.45, 7) is 0. The number of hydrogen-bond donors (Lipinski definition) is 3. The van der Waals surface area contributed by atoms with Crippen molar-refractivity contribution < 1.29 is 24.9 Å². The Labute approximate surface area is 109 Å². The van der Waals surface area contributed by atoms with Gasteiger partial charge >= 0.3 is 11.9 Å². The van der Waals surface area contributed by atoms with Crippen molar-refractivity contribution in [2.45, 2.75) is 6.42 Å². The third kappa shape index (κ3) is 2.10. The number of carboxylic acids is 2. The van der Waals surface area contributed by atoms with Crippen LogP contribution in [0.2, 0.25) is 0 Å². The van der Waals surface area contributed by atoms with E-state index in [-0.39, 0.29) is 12.2 Å². The van der Waals surface area contributed by atoms with E-state index in [1.165, 1.54) is 18.2 Å². The maximum Gasteiger partial charge on any atom is 0.325 e. The molecule has 0 amide bonds. The van der Waals surface area contributed by atoms with Gasteiger partial charge in [-0.3, -0.25) is 9.59 Å². The highest BCUT2D eigenvalue weighted by atomic mass is 16.4. The summed E-state index contributed by atoms with van der Waals surface area (Å²) in [6.07, 6.45) is 3.93. The van der Waals surface area contributed by atoms with Crippen molar-refractivity contribution in [1.29, 1.82) is 0 Å². The van der Waals surface area contributed by atoms with Crippen LogP contribution in [0, 0.1) is 5.41 Å². The van der Waals surface area contributed by atoms with Crippen LogP contribution in [0.1, 0.15) is 12.0 Å². The molecule has 0 spiro atoms. The zero-order chi connectivity index (χ0) is 14.0. The van der Waals surface area contributed by atoms with Crippen LogP contribution in [0.5, 0.6) is 5.75 Å². The van der Waals surface area contributed by atoms with Gasteiger partial charge in [-0.1, -0.05) is 36.4 Å². The molecule has 0 saturated carbocycles. The van der Waals surface area contributed by atoms with Gasteiger partial charge in [0.2, 0.25) is 0 Å². The van der Waals surface area contributed by atoms with Crippen LogP contribution in [-0.4, -0.2) is 27.3 Å². The summed E-state index contributed by atoms with van der Waals surface area (Å²) in [4.78, 5) is 22.2. The Morgan fingerprint density at radius 3 is 2.21 bits per heavy atom. The van der Waals surface area contributed by atoms with Gasteiger partial charge in [0.25, 0.3) is 0 Å². The third-order valence-electron chi connectivity index (χ3n) is 3.17. The molecule has 5 heteroatoms. The highest BCUT2D eigenvalue weighted by Gasteiger charge is 2.44. The first kappa shape index (κ1) is 12.9. The molecule has 0 atom stereocenters. The first-order valence-corrected chi connectivity index (χ1v) is 5.62. The lowest BCUT2D eigenvalue weighted by Gasteiger charge is -2.23. The van der Waals surface area contributed by atoms with Crippen LogP contribution < -0.4 is 0 Å². The third-order valence-corrected chi connectivity index (χ3v) is 3.17. The van der Waals surface area contributed by atoms with E-state index in [9.17, 15) is 14.7 Å². The molecule has 0 aromatic heterocycles. The average Bonchev–Trinajstić information content (AvgIpc) is 2.39. The summed E-state index contributed by atoms with van der Waals surface area (Å²) in [5.41, 5.74) is -0.771. The predicted molar refractivity (Wildman–Crippen MR) is 67.5 cm³/mol. The fraction of sp³-hybridized carbons (Fsp3) is 0.143.